The highest BCUT2D eigenvalue weighted by molar-refractivity contribution is 5.97. The van der Waals surface area contributed by atoms with Crippen LogP contribution in [-0.4, -0.2) is 17.6 Å². The molecule has 0 bridgehead atoms. The maximum Gasteiger partial charge on any atom is 0.337 e. The number of rotatable bonds is 4. The summed E-state index contributed by atoms with van der Waals surface area (Å²) in [4.78, 5) is 11.0. The van der Waals surface area contributed by atoms with E-state index in [1.54, 1.807) is 18.2 Å². The van der Waals surface area contributed by atoms with Crippen molar-refractivity contribution in [3.63, 3.8) is 0 Å². The standard InChI is InChI=1S/C13H20N2O2/c1-13(2,3)7-8-15-11-9(12(16)17)5-4-6-10(11)14/h4-6,15H,7-8,14H2,1-3H3,(H,16,17). The van der Waals surface area contributed by atoms with E-state index in [9.17, 15) is 4.79 Å². The van der Waals surface area contributed by atoms with E-state index in [2.05, 4.69) is 26.1 Å². The molecule has 94 valence electrons. The number of nitrogens with two attached hydrogens (primary N) is 1. The number of hydrogen-bond acceptors (Lipinski definition) is 3. The topological polar surface area (TPSA) is 75.3 Å². The summed E-state index contributed by atoms with van der Waals surface area (Å²) in [5.41, 5.74) is 7.20. The molecule has 0 unspecified atom stereocenters. The molecule has 1 aromatic carbocycles. The number of hydrogen-bond donors (Lipinski definition) is 3. The first kappa shape index (κ1) is 13.4. The molecular weight excluding hydrogens is 216 g/mol. The lowest BCUT2D eigenvalue weighted by atomic mass is 9.92. The summed E-state index contributed by atoms with van der Waals surface area (Å²) in [6, 6.07) is 4.90. The largest absolute Gasteiger partial charge is 0.478 e. The summed E-state index contributed by atoms with van der Waals surface area (Å²) in [6.07, 6.45) is 0.945. The Bertz CT molecular complexity index is 408. The van der Waals surface area contributed by atoms with Crippen LogP contribution in [0.25, 0.3) is 0 Å². The molecule has 0 aromatic heterocycles. The molecule has 0 amide bonds. The molecule has 17 heavy (non-hydrogen) atoms. The van der Waals surface area contributed by atoms with Gasteiger partial charge in [-0.2, -0.15) is 0 Å². The smallest absolute Gasteiger partial charge is 0.337 e. The number of aromatic carboxylic acids is 1. The van der Waals surface area contributed by atoms with Crippen molar-refractivity contribution in [2.24, 2.45) is 5.41 Å². The lowest BCUT2D eigenvalue weighted by molar-refractivity contribution is 0.0698. The van der Waals surface area contributed by atoms with Crippen LogP contribution in [-0.2, 0) is 0 Å². The van der Waals surface area contributed by atoms with Gasteiger partial charge in [-0.25, -0.2) is 4.79 Å². The lowest BCUT2D eigenvalue weighted by Crippen LogP contribution is -2.15. The Hall–Kier alpha value is -1.71. The predicted molar refractivity (Wildman–Crippen MR) is 70.4 cm³/mol. The first-order valence-electron chi connectivity index (χ1n) is 5.67. The van der Waals surface area contributed by atoms with Crippen molar-refractivity contribution in [2.75, 3.05) is 17.6 Å². The van der Waals surface area contributed by atoms with E-state index >= 15 is 0 Å². The molecular formula is C13H20N2O2. The first-order valence-corrected chi connectivity index (χ1v) is 5.67. The maximum atomic E-state index is 11.0. The third-order valence-electron chi connectivity index (χ3n) is 2.50. The van der Waals surface area contributed by atoms with Crippen molar-refractivity contribution in [2.45, 2.75) is 27.2 Å². The van der Waals surface area contributed by atoms with Crippen LogP contribution in [0.2, 0.25) is 0 Å². The third-order valence-corrected chi connectivity index (χ3v) is 2.50. The number of nitrogen functional groups attached to an aromatic ring is 1. The van der Waals surface area contributed by atoms with Gasteiger partial charge in [0.2, 0.25) is 0 Å². The number of para-hydroxylation sites is 1. The van der Waals surface area contributed by atoms with Gasteiger partial charge in [0.05, 0.1) is 16.9 Å². The number of carboxylic acid groups (broad SMARTS) is 1. The third kappa shape index (κ3) is 3.98. The Morgan fingerprint density at radius 1 is 1.41 bits per heavy atom. The van der Waals surface area contributed by atoms with E-state index in [4.69, 9.17) is 10.8 Å². The molecule has 0 aliphatic rings. The van der Waals surface area contributed by atoms with Crippen molar-refractivity contribution in [1.29, 1.82) is 0 Å². The Balaban J connectivity index is 2.79. The second-order valence-electron chi connectivity index (χ2n) is 5.31. The minimum absolute atomic E-state index is 0.208. The van der Waals surface area contributed by atoms with Crippen molar-refractivity contribution in [3.8, 4) is 0 Å². The van der Waals surface area contributed by atoms with Crippen LogP contribution < -0.4 is 11.1 Å². The highest BCUT2D eigenvalue weighted by Crippen LogP contribution is 2.25. The second kappa shape index (κ2) is 5.08. The van der Waals surface area contributed by atoms with Crippen molar-refractivity contribution in [1.82, 2.24) is 0 Å². The van der Waals surface area contributed by atoms with Gasteiger partial charge in [-0.1, -0.05) is 26.8 Å². The van der Waals surface area contributed by atoms with E-state index in [0.717, 1.165) is 6.42 Å². The molecule has 0 aliphatic carbocycles. The Kier molecular flexibility index (Phi) is 3.99. The molecule has 4 heteroatoms. The van der Waals surface area contributed by atoms with Gasteiger partial charge in [0, 0.05) is 6.54 Å². The molecule has 0 heterocycles. The van der Waals surface area contributed by atoms with E-state index in [0.29, 0.717) is 17.9 Å². The Morgan fingerprint density at radius 2 is 2.06 bits per heavy atom. The number of carbonyl (C=O) groups is 1. The van der Waals surface area contributed by atoms with Crippen LogP contribution in [0.1, 0.15) is 37.6 Å². The van der Waals surface area contributed by atoms with E-state index < -0.39 is 5.97 Å². The molecule has 1 aromatic rings. The van der Waals surface area contributed by atoms with Gasteiger partial charge in [-0.15, -0.1) is 0 Å². The normalized spacial score (nSPS) is 11.2. The van der Waals surface area contributed by atoms with Gasteiger partial charge in [0.25, 0.3) is 0 Å². The molecule has 0 fully saturated rings. The van der Waals surface area contributed by atoms with Gasteiger partial charge in [-0.3, -0.25) is 0 Å². The van der Waals surface area contributed by atoms with Gasteiger partial charge < -0.3 is 16.2 Å². The van der Waals surface area contributed by atoms with Crippen LogP contribution >= 0.6 is 0 Å². The zero-order valence-electron chi connectivity index (χ0n) is 10.6. The predicted octanol–water partition coefficient (Wildman–Crippen LogP) is 2.82. The van der Waals surface area contributed by atoms with Crippen LogP contribution in [0, 0.1) is 5.41 Å². The fraction of sp³-hybridized carbons (Fsp3) is 0.462. The monoisotopic (exact) mass is 236 g/mol. The molecule has 0 aliphatic heterocycles. The van der Waals surface area contributed by atoms with Gasteiger partial charge in [0.15, 0.2) is 0 Å². The molecule has 0 atom stereocenters. The van der Waals surface area contributed by atoms with Gasteiger partial charge >= 0.3 is 5.97 Å². The zero-order valence-corrected chi connectivity index (χ0v) is 10.6. The summed E-state index contributed by atoms with van der Waals surface area (Å²) >= 11 is 0. The van der Waals surface area contributed by atoms with Crippen LogP contribution in [0.3, 0.4) is 0 Å². The molecule has 1 rings (SSSR count). The molecule has 0 saturated carbocycles. The van der Waals surface area contributed by atoms with Crippen LogP contribution in [0.15, 0.2) is 18.2 Å². The molecule has 4 nitrogen and oxygen atoms in total. The lowest BCUT2D eigenvalue weighted by Gasteiger charge is -2.19. The van der Waals surface area contributed by atoms with Crippen molar-refractivity contribution >= 4 is 17.3 Å². The molecule has 0 saturated heterocycles. The fourth-order valence-electron chi connectivity index (χ4n) is 1.51. The quantitative estimate of drug-likeness (QED) is 0.703. The summed E-state index contributed by atoms with van der Waals surface area (Å²) in [5.74, 6) is -0.962. The molecule has 0 radical (unpaired) electrons. The fourth-order valence-corrected chi connectivity index (χ4v) is 1.51. The second-order valence-corrected chi connectivity index (χ2v) is 5.31. The maximum absolute atomic E-state index is 11.0. The highest BCUT2D eigenvalue weighted by atomic mass is 16.4. The van der Waals surface area contributed by atoms with Gasteiger partial charge in [-0.05, 0) is 24.0 Å². The minimum Gasteiger partial charge on any atom is -0.478 e. The van der Waals surface area contributed by atoms with E-state index in [1.165, 1.54) is 0 Å². The molecule has 0 spiro atoms. The van der Waals surface area contributed by atoms with Crippen molar-refractivity contribution in [3.05, 3.63) is 23.8 Å². The summed E-state index contributed by atoms with van der Waals surface area (Å²) in [5, 5.41) is 12.2. The summed E-state index contributed by atoms with van der Waals surface area (Å²) in [6.45, 7) is 7.13. The number of nitrogens with one attached hydrogen (secondary N) is 1. The highest BCUT2D eigenvalue weighted by Gasteiger charge is 2.14. The molecule has 4 N–H and O–H groups in total. The average molecular weight is 236 g/mol. The van der Waals surface area contributed by atoms with Crippen LogP contribution in [0.5, 0.6) is 0 Å². The number of anilines is 2. The SMILES string of the molecule is CC(C)(C)CCNc1c(N)cccc1C(=O)O. The summed E-state index contributed by atoms with van der Waals surface area (Å²) in [7, 11) is 0. The van der Waals surface area contributed by atoms with E-state index in [1.807, 2.05) is 0 Å². The first-order chi connectivity index (χ1) is 7.81. The average Bonchev–Trinajstić information content (AvgIpc) is 2.18. The van der Waals surface area contributed by atoms with Gasteiger partial charge in [0.1, 0.15) is 0 Å². The summed E-state index contributed by atoms with van der Waals surface area (Å²) < 4.78 is 0. The Morgan fingerprint density at radius 3 is 2.59 bits per heavy atom. The van der Waals surface area contributed by atoms with E-state index in [-0.39, 0.29) is 11.0 Å². The minimum atomic E-state index is -0.962. The van der Waals surface area contributed by atoms with Crippen LogP contribution in [0.4, 0.5) is 11.4 Å². The zero-order chi connectivity index (χ0) is 13.1. The Labute approximate surface area is 102 Å². The number of carboxylic acids is 1. The van der Waals surface area contributed by atoms with Crippen molar-refractivity contribution < 1.29 is 9.90 Å². The number of benzene rings is 1.